The molecule has 0 fully saturated rings. The topological polar surface area (TPSA) is 84.1 Å². The highest BCUT2D eigenvalue weighted by atomic mass is 16.6. The molecule has 0 radical (unpaired) electrons. The van der Waals surface area contributed by atoms with Gasteiger partial charge in [-0.05, 0) is 44.4 Å². The molecule has 2 aromatic heterocycles. The number of benzene rings is 1. The third-order valence-electron chi connectivity index (χ3n) is 3.27. The predicted octanol–water partition coefficient (Wildman–Crippen LogP) is 3.42. The zero-order valence-corrected chi connectivity index (χ0v) is 13.1. The fourth-order valence-electron chi connectivity index (χ4n) is 2.38. The van der Waals surface area contributed by atoms with Crippen LogP contribution in [-0.4, -0.2) is 21.7 Å². The van der Waals surface area contributed by atoms with Gasteiger partial charge in [-0.2, -0.15) is 0 Å². The van der Waals surface area contributed by atoms with E-state index in [1.165, 1.54) is 0 Å². The van der Waals surface area contributed by atoms with E-state index in [0.717, 1.165) is 10.8 Å². The van der Waals surface area contributed by atoms with Crippen LogP contribution in [0.25, 0.3) is 21.7 Å². The van der Waals surface area contributed by atoms with Gasteiger partial charge in [-0.1, -0.05) is 6.07 Å². The van der Waals surface area contributed by atoms with Crippen molar-refractivity contribution in [1.29, 1.82) is 0 Å². The van der Waals surface area contributed by atoms with Gasteiger partial charge in [0.25, 0.3) is 5.56 Å². The Hall–Kier alpha value is -2.89. The Morgan fingerprint density at radius 3 is 2.70 bits per heavy atom. The van der Waals surface area contributed by atoms with Gasteiger partial charge in [0.05, 0.1) is 10.9 Å². The molecule has 0 aliphatic carbocycles. The lowest BCUT2D eigenvalue weighted by atomic mass is 10.1. The van der Waals surface area contributed by atoms with Crippen LogP contribution in [0.15, 0.2) is 41.5 Å². The number of amides is 1. The number of H-pyrrole nitrogens is 1. The van der Waals surface area contributed by atoms with E-state index in [1.54, 1.807) is 51.4 Å². The average Bonchev–Trinajstić information content (AvgIpc) is 2.45. The molecule has 0 spiro atoms. The molecule has 2 heterocycles. The number of hydrogen-bond donors (Lipinski definition) is 2. The van der Waals surface area contributed by atoms with Crippen molar-refractivity contribution in [1.82, 2.24) is 9.97 Å². The van der Waals surface area contributed by atoms with Gasteiger partial charge in [0, 0.05) is 23.5 Å². The third-order valence-corrected chi connectivity index (χ3v) is 3.27. The summed E-state index contributed by atoms with van der Waals surface area (Å²) in [6.45, 7) is 5.39. The monoisotopic (exact) mass is 311 g/mol. The van der Waals surface area contributed by atoms with E-state index in [-0.39, 0.29) is 5.56 Å². The maximum atomic E-state index is 12.1. The highest BCUT2D eigenvalue weighted by molar-refractivity contribution is 6.06. The molecule has 118 valence electrons. The molecule has 1 amide bonds. The first-order valence-corrected chi connectivity index (χ1v) is 7.23. The molecular formula is C17H17N3O3. The second-order valence-corrected chi connectivity index (χ2v) is 6.26. The van der Waals surface area contributed by atoms with E-state index in [9.17, 15) is 9.59 Å². The molecular weight excluding hydrogens is 294 g/mol. The van der Waals surface area contributed by atoms with Gasteiger partial charge in [-0.3, -0.25) is 15.1 Å². The number of pyridine rings is 2. The minimum Gasteiger partial charge on any atom is -0.444 e. The van der Waals surface area contributed by atoms with Crippen LogP contribution >= 0.6 is 0 Å². The van der Waals surface area contributed by atoms with Crippen LogP contribution in [0.1, 0.15) is 20.8 Å². The zero-order chi connectivity index (χ0) is 16.6. The Bertz CT molecular complexity index is 955. The molecule has 0 aliphatic heterocycles. The summed E-state index contributed by atoms with van der Waals surface area (Å²) in [5, 5.41) is 4.91. The van der Waals surface area contributed by atoms with Crippen molar-refractivity contribution in [3.05, 3.63) is 47.0 Å². The first-order chi connectivity index (χ1) is 10.8. The number of carbonyl (C=O) groups is 1. The Kier molecular flexibility index (Phi) is 3.52. The van der Waals surface area contributed by atoms with Crippen molar-refractivity contribution >= 4 is 33.5 Å². The molecule has 3 aromatic rings. The SMILES string of the molecule is CC(C)(C)OC(=O)Nc1ccc2c(c1)[nH]c(=O)c1cnccc12. The van der Waals surface area contributed by atoms with Crippen LogP contribution in [0.4, 0.5) is 10.5 Å². The van der Waals surface area contributed by atoms with E-state index in [4.69, 9.17) is 4.74 Å². The quantitative estimate of drug-likeness (QED) is 0.674. The fourth-order valence-corrected chi connectivity index (χ4v) is 2.38. The van der Waals surface area contributed by atoms with Gasteiger partial charge in [0.15, 0.2) is 0 Å². The van der Waals surface area contributed by atoms with Crippen molar-refractivity contribution in [3.63, 3.8) is 0 Å². The Morgan fingerprint density at radius 1 is 1.17 bits per heavy atom. The number of ether oxygens (including phenoxy) is 1. The second-order valence-electron chi connectivity index (χ2n) is 6.26. The van der Waals surface area contributed by atoms with Gasteiger partial charge in [0.1, 0.15) is 5.60 Å². The van der Waals surface area contributed by atoms with Crippen LogP contribution in [-0.2, 0) is 4.74 Å². The summed E-state index contributed by atoms with van der Waals surface area (Å²) in [6.07, 6.45) is 2.65. The largest absolute Gasteiger partial charge is 0.444 e. The van der Waals surface area contributed by atoms with Gasteiger partial charge < -0.3 is 9.72 Å². The molecule has 23 heavy (non-hydrogen) atoms. The number of aromatic nitrogens is 2. The van der Waals surface area contributed by atoms with Crippen molar-refractivity contribution in [2.45, 2.75) is 26.4 Å². The average molecular weight is 311 g/mol. The van der Waals surface area contributed by atoms with Crippen LogP contribution < -0.4 is 10.9 Å². The number of aromatic amines is 1. The van der Waals surface area contributed by atoms with Gasteiger partial charge in [-0.25, -0.2) is 4.79 Å². The molecule has 3 rings (SSSR count). The number of fused-ring (bicyclic) bond motifs is 3. The van der Waals surface area contributed by atoms with Crippen LogP contribution in [0.5, 0.6) is 0 Å². The molecule has 0 unspecified atom stereocenters. The molecule has 6 heteroatoms. The van der Waals surface area contributed by atoms with Gasteiger partial charge >= 0.3 is 6.09 Å². The maximum absolute atomic E-state index is 12.1. The number of nitrogens with zero attached hydrogens (tertiary/aromatic N) is 1. The molecule has 2 N–H and O–H groups in total. The van der Waals surface area contributed by atoms with E-state index in [2.05, 4.69) is 15.3 Å². The Labute approximate surface area is 132 Å². The molecule has 6 nitrogen and oxygen atoms in total. The third kappa shape index (κ3) is 3.15. The number of anilines is 1. The van der Waals surface area contributed by atoms with Crippen LogP contribution in [0.3, 0.4) is 0 Å². The number of rotatable bonds is 1. The highest BCUT2D eigenvalue weighted by Gasteiger charge is 2.16. The Balaban J connectivity index is 2.01. The first-order valence-electron chi connectivity index (χ1n) is 7.23. The minimum atomic E-state index is -0.571. The molecule has 0 saturated carbocycles. The van der Waals surface area contributed by atoms with Crippen molar-refractivity contribution in [2.75, 3.05) is 5.32 Å². The van der Waals surface area contributed by atoms with E-state index in [1.807, 2.05) is 6.07 Å². The Morgan fingerprint density at radius 2 is 1.96 bits per heavy atom. The first kappa shape index (κ1) is 15.0. The summed E-state index contributed by atoms with van der Waals surface area (Å²) < 4.78 is 5.22. The molecule has 0 saturated heterocycles. The molecule has 1 aromatic carbocycles. The van der Waals surface area contributed by atoms with Crippen LogP contribution in [0, 0.1) is 0 Å². The normalized spacial score (nSPS) is 11.6. The summed E-state index contributed by atoms with van der Waals surface area (Å²) in [4.78, 5) is 30.7. The number of carbonyl (C=O) groups excluding carboxylic acids is 1. The maximum Gasteiger partial charge on any atom is 0.412 e. The summed E-state index contributed by atoms with van der Waals surface area (Å²) >= 11 is 0. The number of hydrogen-bond acceptors (Lipinski definition) is 4. The lowest BCUT2D eigenvalue weighted by molar-refractivity contribution is 0.0636. The highest BCUT2D eigenvalue weighted by Crippen LogP contribution is 2.23. The van der Waals surface area contributed by atoms with Gasteiger partial charge in [-0.15, -0.1) is 0 Å². The fraction of sp³-hybridized carbons (Fsp3) is 0.235. The molecule has 0 aliphatic rings. The van der Waals surface area contributed by atoms with Crippen LogP contribution in [0.2, 0.25) is 0 Å². The summed E-state index contributed by atoms with van der Waals surface area (Å²) in [6, 6.07) is 7.12. The lowest BCUT2D eigenvalue weighted by Crippen LogP contribution is -2.27. The molecule has 0 bridgehead atoms. The van der Waals surface area contributed by atoms with Crippen molar-refractivity contribution in [2.24, 2.45) is 0 Å². The van der Waals surface area contributed by atoms with Crippen molar-refractivity contribution < 1.29 is 9.53 Å². The lowest BCUT2D eigenvalue weighted by Gasteiger charge is -2.19. The van der Waals surface area contributed by atoms with E-state index in [0.29, 0.717) is 16.6 Å². The van der Waals surface area contributed by atoms with E-state index >= 15 is 0 Å². The smallest absolute Gasteiger partial charge is 0.412 e. The molecule has 0 atom stereocenters. The standard InChI is InChI=1S/C17H17N3O3/c1-17(2,3)23-16(22)19-10-4-5-12-11-6-7-18-9-13(11)15(21)20-14(12)8-10/h4-9H,1-3H3,(H,19,22)(H,20,21). The summed E-state index contributed by atoms with van der Waals surface area (Å²) in [5.41, 5.74) is 0.409. The van der Waals surface area contributed by atoms with Crippen molar-refractivity contribution in [3.8, 4) is 0 Å². The summed E-state index contributed by atoms with van der Waals surface area (Å²) in [5.74, 6) is 0. The minimum absolute atomic E-state index is 0.213. The van der Waals surface area contributed by atoms with Gasteiger partial charge in [0.2, 0.25) is 0 Å². The summed E-state index contributed by atoms with van der Waals surface area (Å²) in [7, 11) is 0. The zero-order valence-electron chi connectivity index (χ0n) is 13.1. The second kappa shape index (κ2) is 5.39. The van der Waals surface area contributed by atoms with E-state index < -0.39 is 11.7 Å². The number of nitrogens with one attached hydrogen (secondary N) is 2. The predicted molar refractivity (Wildman–Crippen MR) is 89.7 cm³/mol.